The summed E-state index contributed by atoms with van der Waals surface area (Å²) in [5, 5.41) is 7.71. The highest BCUT2D eigenvalue weighted by atomic mass is 35.5. The summed E-state index contributed by atoms with van der Waals surface area (Å²) in [5.41, 5.74) is 5.27. The van der Waals surface area contributed by atoms with Gasteiger partial charge in [-0.15, -0.1) is 12.4 Å². The zero-order valence-corrected chi connectivity index (χ0v) is 20.9. The fraction of sp³-hybridized carbons (Fsp3) is 0.818. The van der Waals surface area contributed by atoms with Crippen LogP contribution in [0.15, 0.2) is 0 Å². The van der Waals surface area contributed by atoms with Gasteiger partial charge in [-0.2, -0.15) is 0 Å². The summed E-state index contributed by atoms with van der Waals surface area (Å²) < 4.78 is 0. The lowest BCUT2D eigenvalue weighted by Gasteiger charge is -2.16. The van der Waals surface area contributed by atoms with Crippen molar-refractivity contribution in [2.24, 2.45) is 17.6 Å². The molecule has 0 aliphatic rings. The lowest BCUT2D eigenvalue weighted by molar-refractivity contribution is -0.134. The molecule has 9 heteroatoms. The molecule has 0 fully saturated rings. The van der Waals surface area contributed by atoms with Crippen LogP contribution in [0.2, 0.25) is 0 Å². The van der Waals surface area contributed by atoms with Crippen LogP contribution in [-0.2, 0) is 19.2 Å². The molecule has 3 amide bonds. The quantitative estimate of drug-likeness (QED) is 0.276. The number of carbonyl (C=O) groups excluding carboxylic acids is 4. The fourth-order valence-electron chi connectivity index (χ4n) is 2.73. The van der Waals surface area contributed by atoms with Crippen LogP contribution in [0.4, 0.5) is 0 Å². The standard InChI is InChI=1S/C16H29N3O4.C6H15N.ClH/c1-5-6-7-19-16(23)12(10-14(21)17-3)9-13(20)8-11(2)15(22)18-4;1-2-3-4-5-6-7;/h11-12H,5-10H2,1-4H3,(H,17,21)(H,18,22)(H,19,23);2-7H2,1H3;1H. The van der Waals surface area contributed by atoms with Crippen molar-refractivity contribution < 1.29 is 19.2 Å². The van der Waals surface area contributed by atoms with Gasteiger partial charge in [0.2, 0.25) is 17.7 Å². The van der Waals surface area contributed by atoms with E-state index in [4.69, 9.17) is 5.73 Å². The molecule has 0 spiro atoms. The topological polar surface area (TPSA) is 130 Å². The Bertz CT molecular complexity index is 500. The summed E-state index contributed by atoms with van der Waals surface area (Å²) >= 11 is 0. The van der Waals surface area contributed by atoms with E-state index in [-0.39, 0.29) is 55.2 Å². The average molecular weight is 465 g/mol. The van der Waals surface area contributed by atoms with E-state index < -0.39 is 11.8 Å². The molecule has 184 valence electrons. The highest BCUT2D eigenvalue weighted by Crippen LogP contribution is 2.14. The third-order valence-electron chi connectivity index (χ3n) is 4.67. The Labute approximate surface area is 194 Å². The van der Waals surface area contributed by atoms with Crippen molar-refractivity contribution in [2.75, 3.05) is 27.2 Å². The molecule has 0 aliphatic carbocycles. The van der Waals surface area contributed by atoms with Gasteiger partial charge in [-0.1, -0.05) is 46.5 Å². The molecule has 0 saturated carbocycles. The van der Waals surface area contributed by atoms with Gasteiger partial charge in [0, 0.05) is 45.8 Å². The van der Waals surface area contributed by atoms with Crippen LogP contribution >= 0.6 is 12.4 Å². The second-order valence-electron chi connectivity index (χ2n) is 7.53. The van der Waals surface area contributed by atoms with Crippen molar-refractivity contribution in [2.45, 2.75) is 78.6 Å². The van der Waals surface area contributed by atoms with Crippen LogP contribution in [0, 0.1) is 11.8 Å². The monoisotopic (exact) mass is 464 g/mol. The highest BCUT2D eigenvalue weighted by molar-refractivity contribution is 5.92. The largest absolute Gasteiger partial charge is 0.359 e. The van der Waals surface area contributed by atoms with Gasteiger partial charge in [0.25, 0.3) is 0 Å². The van der Waals surface area contributed by atoms with E-state index in [1.807, 2.05) is 6.92 Å². The first-order valence-corrected chi connectivity index (χ1v) is 11.2. The van der Waals surface area contributed by atoms with E-state index in [9.17, 15) is 19.2 Å². The minimum Gasteiger partial charge on any atom is -0.359 e. The molecule has 5 N–H and O–H groups in total. The number of carbonyl (C=O) groups is 4. The van der Waals surface area contributed by atoms with Gasteiger partial charge in [-0.25, -0.2) is 0 Å². The molecule has 0 radical (unpaired) electrons. The number of Topliss-reactive ketones (excluding diaryl/α,β-unsaturated/α-hetero) is 1. The molecule has 2 unspecified atom stereocenters. The lowest BCUT2D eigenvalue weighted by atomic mass is 9.92. The predicted octanol–water partition coefficient (Wildman–Crippen LogP) is 2.33. The van der Waals surface area contributed by atoms with Gasteiger partial charge in [0.05, 0.1) is 5.92 Å². The molecule has 0 aromatic rings. The van der Waals surface area contributed by atoms with Crippen LogP contribution in [0.3, 0.4) is 0 Å². The number of unbranched alkanes of at least 4 members (excludes halogenated alkanes) is 4. The van der Waals surface area contributed by atoms with Crippen LogP contribution in [0.1, 0.15) is 78.6 Å². The van der Waals surface area contributed by atoms with E-state index in [2.05, 4.69) is 22.9 Å². The molecule has 31 heavy (non-hydrogen) atoms. The summed E-state index contributed by atoms with van der Waals surface area (Å²) in [6.45, 7) is 7.27. The van der Waals surface area contributed by atoms with Gasteiger partial charge >= 0.3 is 0 Å². The molecular weight excluding hydrogens is 420 g/mol. The summed E-state index contributed by atoms with van der Waals surface area (Å²) in [6.07, 6.45) is 6.95. The number of nitrogens with one attached hydrogen (secondary N) is 3. The molecule has 0 heterocycles. The molecule has 8 nitrogen and oxygen atoms in total. The van der Waals surface area contributed by atoms with E-state index in [1.54, 1.807) is 6.92 Å². The maximum Gasteiger partial charge on any atom is 0.224 e. The molecule has 0 aliphatic heterocycles. The highest BCUT2D eigenvalue weighted by Gasteiger charge is 2.26. The van der Waals surface area contributed by atoms with Gasteiger partial charge in [-0.05, 0) is 19.4 Å². The van der Waals surface area contributed by atoms with E-state index in [0.29, 0.717) is 6.54 Å². The minimum absolute atomic E-state index is 0. The van der Waals surface area contributed by atoms with E-state index in [0.717, 1.165) is 19.4 Å². The summed E-state index contributed by atoms with van der Waals surface area (Å²) in [4.78, 5) is 47.3. The van der Waals surface area contributed by atoms with E-state index >= 15 is 0 Å². The number of rotatable bonds is 15. The van der Waals surface area contributed by atoms with Crippen LogP contribution in [0.25, 0.3) is 0 Å². The van der Waals surface area contributed by atoms with Crippen molar-refractivity contribution in [3.8, 4) is 0 Å². The number of nitrogens with two attached hydrogens (primary N) is 1. The Balaban J connectivity index is -0.000000840. The maximum atomic E-state index is 12.2. The SMILES string of the molecule is CCCCCCN.CCCCNC(=O)C(CC(=O)CC(C)C(=O)NC)CC(=O)NC.Cl. The van der Waals surface area contributed by atoms with E-state index in [1.165, 1.54) is 39.8 Å². The molecule has 0 aromatic carbocycles. The van der Waals surface area contributed by atoms with Crippen LogP contribution in [0.5, 0.6) is 0 Å². The van der Waals surface area contributed by atoms with Crippen molar-refractivity contribution in [1.29, 1.82) is 0 Å². The molecular formula is C22H45ClN4O4. The number of amides is 3. The van der Waals surface area contributed by atoms with Gasteiger partial charge < -0.3 is 21.7 Å². The van der Waals surface area contributed by atoms with Gasteiger partial charge in [0.1, 0.15) is 5.78 Å². The first-order chi connectivity index (χ1) is 14.3. The summed E-state index contributed by atoms with van der Waals surface area (Å²) in [6, 6.07) is 0. The molecule has 0 saturated heterocycles. The third kappa shape index (κ3) is 20.0. The number of ketones is 1. The van der Waals surface area contributed by atoms with Gasteiger partial charge in [0.15, 0.2) is 0 Å². The second kappa shape index (κ2) is 23.0. The third-order valence-corrected chi connectivity index (χ3v) is 4.67. The van der Waals surface area contributed by atoms with Crippen molar-refractivity contribution in [1.82, 2.24) is 16.0 Å². The number of hydrogen-bond acceptors (Lipinski definition) is 5. The minimum atomic E-state index is -0.698. The predicted molar refractivity (Wildman–Crippen MR) is 128 cm³/mol. The lowest BCUT2D eigenvalue weighted by Crippen LogP contribution is -2.36. The van der Waals surface area contributed by atoms with Crippen molar-refractivity contribution in [3.05, 3.63) is 0 Å². The number of hydrogen-bond donors (Lipinski definition) is 4. The molecule has 2 atom stereocenters. The van der Waals surface area contributed by atoms with Gasteiger partial charge in [-0.3, -0.25) is 19.2 Å². The zero-order valence-electron chi connectivity index (χ0n) is 20.1. The smallest absolute Gasteiger partial charge is 0.224 e. The zero-order chi connectivity index (χ0) is 23.4. The number of halogens is 1. The Morgan fingerprint density at radius 2 is 1.42 bits per heavy atom. The Morgan fingerprint density at radius 3 is 1.90 bits per heavy atom. The molecule has 0 rings (SSSR count). The molecule has 0 bridgehead atoms. The fourth-order valence-corrected chi connectivity index (χ4v) is 2.73. The Kier molecular flexibility index (Phi) is 25.2. The Morgan fingerprint density at radius 1 is 0.806 bits per heavy atom. The normalized spacial score (nSPS) is 11.7. The average Bonchev–Trinajstić information content (AvgIpc) is 2.73. The maximum absolute atomic E-state index is 12.2. The first-order valence-electron chi connectivity index (χ1n) is 11.2. The summed E-state index contributed by atoms with van der Waals surface area (Å²) in [7, 11) is 3.00. The Hall–Kier alpha value is -1.67. The molecule has 0 aromatic heterocycles. The second-order valence-corrected chi connectivity index (χ2v) is 7.53. The first kappa shape index (κ1) is 34.0. The van der Waals surface area contributed by atoms with Crippen molar-refractivity contribution in [3.63, 3.8) is 0 Å². The summed E-state index contributed by atoms with van der Waals surface area (Å²) in [5.74, 6) is -2.13. The van der Waals surface area contributed by atoms with Crippen molar-refractivity contribution >= 4 is 35.9 Å². The van der Waals surface area contributed by atoms with Crippen LogP contribution in [-0.4, -0.2) is 50.7 Å². The van der Waals surface area contributed by atoms with Crippen LogP contribution < -0.4 is 21.7 Å².